The molecule has 0 spiro atoms. The molecular weight excluding hydrogens is 361 g/mol. The van der Waals surface area contributed by atoms with Crippen molar-refractivity contribution >= 4 is 54.1 Å². The zero-order chi connectivity index (χ0) is 13.9. The van der Waals surface area contributed by atoms with Crippen LogP contribution in [0, 0.1) is 0 Å². The first-order valence-electron chi connectivity index (χ1n) is 5.24. The van der Waals surface area contributed by atoms with Gasteiger partial charge in [0, 0.05) is 0 Å². The molecule has 1 rings (SSSR count). The first kappa shape index (κ1) is 17.5. The molecule has 1 aliphatic heterocycles. The molecule has 0 saturated heterocycles. The van der Waals surface area contributed by atoms with Gasteiger partial charge in [-0.15, -0.1) is 0 Å². The van der Waals surface area contributed by atoms with Gasteiger partial charge < -0.3 is 13.6 Å². The first-order valence-corrected chi connectivity index (χ1v) is 12.8. The molecule has 0 unspecified atom stereocenters. The fourth-order valence-electron chi connectivity index (χ4n) is 1.11. The van der Waals surface area contributed by atoms with E-state index in [2.05, 4.69) is 13.5 Å². The zero-order valence-electron chi connectivity index (χ0n) is 10.2. The maximum Gasteiger partial charge on any atom is 0.301 e. The van der Waals surface area contributed by atoms with Gasteiger partial charge in [-0.25, -0.2) is 0 Å². The Hall–Kier alpha value is 1.44. The van der Waals surface area contributed by atoms with E-state index in [1.54, 1.807) is 20.8 Å². The monoisotopic (exact) mass is 375 g/mol. The van der Waals surface area contributed by atoms with Gasteiger partial charge in [-0.1, -0.05) is 0 Å². The Balaban J connectivity index is 3.34. The minimum atomic E-state index is -2.95. The van der Waals surface area contributed by atoms with E-state index in [4.69, 9.17) is 47.3 Å². The lowest BCUT2D eigenvalue weighted by molar-refractivity contribution is 0.365. The molecule has 1 heterocycles. The van der Waals surface area contributed by atoms with Gasteiger partial charge in [-0.3, -0.25) is 0 Å². The van der Waals surface area contributed by atoms with E-state index >= 15 is 0 Å². The third-order valence-corrected chi connectivity index (χ3v) is 13.1. The Kier molecular flexibility index (Phi) is 6.74. The Morgan fingerprint density at radius 1 is 0.667 bits per heavy atom. The van der Waals surface area contributed by atoms with Crippen LogP contribution in [0.25, 0.3) is 0 Å². The minimum absolute atomic E-state index is 0.344. The van der Waals surface area contributed by atoms with E-state index in [1.807, 2.05) is 0 Å². The van der Waals surface area contributed by atoms with Crippen LogP contribution in [0.15, 0.2) is 13.5 Å². The second-order valence-corrected chi connectivity index (χ2v) is 12.7. The Morgan fingerprint density at radius 3 is 1.06 bits per heavy atom. The molecule has 0 radical (unpaired) electrons. The Morgan fingerprint density at radius 2 is 0.889 bits per heavy atom. The van der Waals surface area contributed by atoms with Gasteiger partial charge in [0.15, 0.2) is 0 Å². The van der Waals surface area contributed by atoms with Crippen LogP contribution in [0.1, 0.15) is 20.8 Å². The number of rotatable bonds is 6. The van der Waals surface area contributed by atoms with Crippen LogP contribution in [0.2, 0.25) is 0 Å². The molecule has 0 aromatic rings. The molecule has 0 saturated carbocycles. The van der Waals surface area contributed by atoms with E-state index in [9.17, 15) is 0 Å². The lowest BCUT2D eigenvalue weighted by atomic mass is 10.9. The number of hydrogen-bond acceptors (Lipinski definition) is 6. The quantitative estimate of drug-likeness (QED) is 0.487. The maximum absolute atomic E-state index is 6.24. The van der Waals surface area contributed by atoms with E-state index in [-0.39, 0.29) is 0 Å². The molecule has 12 heteroatoms. The summed E-state index contributed by atoms with van der Waals surface area (Å²) in [5.74, 6) is 0. The third-order valence-electron chi connectivity index (χ3n) is 1.54. The van der Waals surface area contributed by atoms with Crippen molar-refractivity contribution < 1.29 is 13.6 Å². The van der Waals surface area contributed by atoms with E-state index in [0.717, 1.165) is 0 Å². The SMILES string of the molecule is CCOP1(Cl)=NP(Cl)(OCC)=NP(Cl)(OCC)=N1. The van der Waals surface area contributed by atoms with Gasteiger partial charge in [0.2, 0.25) is 0 Å². The summed E-state index contributed by atoms with van der Waals surface area (Å²) in [5, 5.41) is 0. The fourth-order valence-corrected chi connectivity index (χ4v) is 14.8. The van der Waals surface area contributed by atoms with Crippen LogP contribution in [0.4, 0.5) is 0 Å². The van der Waals surface area contributed by atoms with Crippen LogP contribution in [-0.4, -0.2) is 19.8 Å². The van der Waals surface area contributed by atoms with Crippen molar-refractivity contribution in [3.63, 3.8) is 0 Å². The van der Waals surface area contributed by atoms with Crippen LogP contribution >= 0.6 is 54.1 Å². The smallest absolute Gasteiger partial charge is 0.301 e. The van der Waals surface area contributed by atoms with Crippen molar-refractivity contribution in [2.45, 2.75) is 20.8 Å². The second-order valence-electron chi connectivity index (χ2n) is 2.94. The van der Waals surface area contributed by atoms with Crippen LogP contribution in [0.3, 0.4) is 0 Å². The van der Waals surface area contributed by atoms with Gasteiger partial charge in [0.1, 0.15) is 0 Å². The molecule has 0 aromatic carbocycles. The summed E-state index contributed by atoms with van der Waals surface area (Å²) in [6.45, 7) is -2.48. The highest BCUT2D eigenvalue weighted by atomic mass is 35.7. The summed E-state index contributed by atoms with van der Waals surface area (Å²) in [7, 11) is 0. The van der Waals surface area contributed by atoms with E-state index in [0.29, 0.717) is 19.8 Å². The molecule has 0 fully saturated rings. The second kappa shape index (κ2) is 6.93. The topological polar surface area (TPSA) is 64.8 Å². The number of halogens is 3. The fraction of sp³-hybridized carbons (Fsp3) is 1.00. The lowest BCUT2D eigenvalue weighted by Gasteiger charge is -2.25. The molecule has 0 aromatic heterocycles. The molecule has 0 aliphatic carbocycles. The summed E-state index contributed by atoms with van der Waals surface area (Å²) < 4.78 is 28.5. The largest absolute Gasteiger partial charge is 0.316 e. The maximum atomic E-state index is 6.24. The molecule has 6 nitrogen and oxygen atoms in total. The molecule has 1 aliphatic rings. The predicted molar refractivity (Wildman–Crippen MR) is 80.5 cm³/mol. The standard InChI is InChI=1S/C6H15Cl3N3O3P3/c1-4-13-16(7)10-17(8,14-5-2)12-18(9,11-16)15-6-3/h4-6H2,1-3H3. The van der Waals surface area contributed by atoms with Crippen molar-refractivity contribution in [2.75, 3.05) is 19.8 Å². The molecule has 0 atom stereocenters. The average molecular weight is 376 g/mol. The normalized spacial score (nSPS) is 39.7. The number of nitrogens with zero attached hydrogens (tertiary/aromatic N) is 3. The highest BCUT2D eigenvalue weighted by Crippen LogP contribution is 2.84. The van der Waals surface area contributed by atoms with Crippen LogP contribution in [0.5, 0.6) is 0 Å². The van der Waals surface area contributed by atoms with Crippen molar-refractivity contribution in [1.29, 1.82) is 0 Å². The van der Waals surface area contributed by atoms with Gasteiger partial charge >= 0.3 is 20.4 Å². The highest BCUT2D eigenvalue weighted by molar-refractivity contribution is 8.05. The Bertz CT molecular complexity index is 386. The molecule has 0 amide bonds. The van der Waals surface area contributed by atoms with Gasteiger partial charge in [-0.2, -0.15) is 13.5 Å². The van der Waals surface area contributed by atoms with Crippen molar-refractivity contribution in [3.8, 4) is 0 Å². The lowest BCUT2D eigenvalue weighted by Crippen LogP contribution is -1.90. The van der Waals surface area contributed by atoms with Crippen molar-refractivity contribution in [2.24, 2.45) is 13.5 Å². The van der Waals surface area contributed by atoms with E-state index < -0.39 is 20.4 Å². The summed E-state index contributed by atoms with van der Waals surface area (Å²) >= 11 is 18.7. The molecule has 0 bridgehead atoms. The predicted octanol–water partition coefficient (Wildman–Crippen LogP) is 6.66. The molecular formula is C6H15Cl3N3O3P3. The summed E-state index contributed by atoms with van der Waals surface area (Å²) in [5.41, 5.74) is 0. The molecule has 108 valence electrons. The molecule has 0 N–H and O–H groups in total. The summed E-state index contributed by atoms with van der Waals surface area (Å²) in [6, 6.07) is 0. The van der Waals surface area contributed by atoms with Crippen LogP contribution < -0.4 is 0 Å². The van der Waals surface area contributed by atoms with E-state index in [1.165, 1.54) is 0 Å². The number of hydrogen-bond donors (Lipinski definition) is 0. The first-order chi connectivity index (χ1) is 8.30. The van der Waals surface area contributed by atoms with Gasteiger partial charge in [0.05, 0.1) is 19.8 Å². The zero-order valence-corrected chi connectivity index (χ0v) is 15.1. The molecule has 18 heavy (non-hydrogen) atoms. The average Bonchev–Trinajstić information content (AvgIpc) is 2.14. The van der Waals surface area contributed by atoms with Gasteiger partial charge in [-0.05, 0) is 54.5 Å². The summed E-state index contributed by atoms with van der Waals surface area (Å²) in [6.07, 6.45) is 0. The van der Waals surface area contributed by atoms with Crippen molar-refractivity contribution in [1.82, 2.24) is 0 Å². The van der Waals surface area contributed by atoms with Crippen LogP contribution in [-0.2, 0) is 13.6 Å². The highest BCUT2D eigenvalue weighted by Gasteiger charge is 2.36. The summed E-state index contributed by atoms with van der Waals surface area (Å²) in [4.78, 5) is 0. The van der Waals surface area contributed by atoms with Gasteiger partial charge in [0.25, 0.3) is 0 Å². The minimum Gasteiger partial charge on any atom is -0.316 e. The third kappa shape index (κ3) is 4.77. The Labute approximate surface area is 122 Å². The van der Waals surface area contributed by atoms with Crippen molar-refractivity contribution in [3.05, 3.63) is 0 Å².